The normalized spacial score (nSPS) is 11.3. The monoisotopic (exact) mass is 198 g/mol. The number of fused-ring (bicyclic) bond motifs is 1. The van der Waals surface area contributed by atoms with Gasteiger partial charge in [0, 0.05) is 5.39 Å². The van der Waals surface area contributed by atoms with Gasteiger partial charge in [-0.15, -0.1) is 0 Å². The Bertz CT molecular complexity index is 494. The first-order valence-electron chi connectivity index (χ1n) is 4.90. The Kier molecular flexibility index (Phi) is 2.34. The van der Waals surface area contributed by atoms with Crippen LogP contribution in [0.25, 0.3) is 17.0 Å². The predicted octanol–water partition coefficient (Wildman–Crippen LogP) is 2.86. The first kappa shape index (κ1) is 9.59. The van der Waals surface area contributed by atoms with E-state index in [-0.39, 0.29) is 0 Å². The largest absolute Gasteiger partial charge is 0.339 e. The highest BCUT2D eigenvalue weighted by atomic mass is 15.3. The molecule has 1 aromatic heterocycles. The van der Waals surface area contributed by atoms with Crippen molar-refractivity contribution in [1.82, 2.24) is 4.68 Å². The highest BCUT2D eigenvalue weighted by molar-refractivity contribution is 5.88. The van der Waals surface area contributed by atoms with Crippen LogP contribution in [0.1, 0.15) is 11.3 Å². The quantitative estimate of drug-likeness (QED) is 0.583. The molecule has 76 valence electrons. The van der Waals surface area contributed by atoms with Gasteiger partial charge in [-0.05, 0) is 24.6 Å². The molecule has 0 bridgehead atoms. The minimum absolute atomic E-state index is 1.02. The lowest BCUT2D eigenvalue weighted by atomic mass is 10.1. The van der Waals surface area contributed by atoms with Crippen LogP contribution in [0.15, 0.2) is 43.0 Å². The average molecular weight is 198 g/mol. The van der Waals surface area contributed by atoms with E-state index in [2.05, 4.69) is 19.6 Å². The van der Waals surface area contributed by atoms with E-state index in [4.69, 9.17) is 5.84 Å². The molecule has 0 radical (unpaired) electrons. The van der Waals surface area contributed by atoms with E-state index in [0.717, 1.165) is 11.2 Å². The SMILES string of the molecule is C=C/C=C\c1c(C)c2ccccc2n1N. The zero-order valence-electron chi connectivity index (χ0n) is 8.77. The summed E-state index contributed by atoms with van der Waals surface area (Å²) in [5.41, 5.74) is 3.28. The molecule has 0 fully saturated rings. The third kappa shape index (κ3) is 1.44. The molecule has 0 spiro atoms. The first-order chi connectivity index (χ1) is 7.25. The zero-order chi connectivity index (χ0) is 10.8. The number of hydrogen-bond acceptors (Lipinski definition) is 1. The summed E-state index contributed by atoms with van der Waals surface area (Å²) in [6.07, 6.45) is 5.62. The molecule has 0 saturated carbocycles. The number of aromatic nitrogens is 1. The van der Waals surface area contributed by atoms with Crippen molar-refractivity contribution in [2.45, 2.75) is 6.92 Å². The van der Waals surface area contributed by atoms with Gasteiger partial charge < -0.3 is 5.84 Å². The second-order valence-electron chi connectivity index (χ2n) is 3.49. The van der Waals surface area contributed by atoms with Crippen molar-refractivity contribution in [3.05, 3.63) is 54.3 Å². The smallest absolute Gasteiger partial charge is 0.0700 e. The van der Waals surface area contributed by atoms with Gasteiger partial charge >= 0.3 is 0 Å². The molecule has 0 aliphatic rings. The molecule has 15 heavy (non-hydrogen) atoms. The van der Waals surface area contributed by atoms with Crippen LogP contribution in [0.4, 0.5) is 0 Å². The van der Waals surface area contributed by atoms with E-state index in [1.807, 2.05) is 30.4 Å². The predicted molar refractivity (Wildman–Crippen MR) is 66.1 cm³/mol. The third-order valence-corrected chi connectivity index (χ3v) is 2.60. The van der Waals surface area contributed by atoms with Crippen LogP contribution in [-0.4, -0.2) is 4.68 Å². The lowest BCUT2D eigenvalue weighted by molar-refractivity contribution is 1.04. The summed E-state index contributed by atoms with van der Waals surface area (Å²) in [7, 11) is 0. The van der Waals surface area contributed by atoms with Crippen LogP contribution in [0.5, 0.6) is 0 Å². The van der Waals surface area contributed by atoms with Gasteiger partial charge in [-0.25, -0.2) is 0 Å². The van der Waals surface area contributed by atoms with Crippen LogP contribution >= 0.6 is 0 Å². The topological polar surface area (TPSA) is 30.9 Å². The fraction of sp³-hybridized carbons (Fsp3) is 0.0769. The molecule has 2 N–H and O–H groups in total. The van der Waals surface area contributed by atoms with Crippen molar-refractivity contribution in [3.63, 3.8) is 0 Å². The molecule has 1 heterocycles. The van der Waals surface area contributed by atoms with Crippen molar-refractivity contribution in [2.75, 3.05) is 5.84 Å². The molecule has 1 aromatic carbocycles. The zero-order valence-corrected chi connectivity index (χ0v) is 8.77. The summed E-state index contributed by atoms with van der Waals surface area (Å²) in [5.74, 6) is 6.01. The first-order valence-corrected chi connectivity index (χ1v) is 4.90. The van der Waals surface area contributed by atoms with Crippen molar-refractivity contribution >= 4 is 17.0 Å². The van der Waals surface area contributed by atoms with Crippen LogP contribution in [0, 0.1) is 6.92 Å². The maximum Gasteiger partial charge on any atom is 0.0700 e. The number of aryl methyl sites for hydroxylation is 1. The second-order valence-corrected chi connectivity index (χ2v) is 3.49. The Hall–Kier alpha value is -1.96. The van der Waals surface area contributed by atoms with E-state index >= 15 is 0 Å². The highest BCUT2D eigenvalue weighted by Crippen LogP contribution is 2.24. The Balaban J connectivity index is 2.74. The molecule has 0 aliphatic heterocycles. The fourth-order valence-electron chi connectivity index (χ4n) is 1.81. The van der Waals surface area contributed by atoms with Crippen molar-refractivity contribution in [2.24, 2.45) is 0 Å². The summed E-state index contributed by atoms with van der Waals surface area (Å²) in [4.78, 5) is 0. The van der Waals surface area contributed by atoms with Crippen molar-refractivity contribution < 1.29 is 0 Å². The maximum atomic E-state index is 6.01. The fourth-order valence-corrected chi connectivity index (χ4v) is 1.81. The molecule has 0 saturated heterocycles. The van der Waals surface area contributed by atoms with Gasteiger partial charge in [0.25, 0.3) is 0 Å². The highest BCUT2D eigenvalue weighted by Gasteiger charge is 2.08. The molecule has 0 atom stereocenters. The summed E-state index contributed by atoms with van der Waals surface area (Å²) < 4.78 is 1.71. The molecule has 2 heteroatoms. The van der Waals surface area contributed by atoms with E-state index in [9.17, 15) is 0 Å². The Morgan fingerprint density at radius 1 is 1.33 bits per heavy atom. The van der Waals surface area contributed by atoms with Crippen molar-refractivity contribution in [1.29, 1.82) is 0 Å². The van der Waals surface area contributed by atoms with E-state index in [1.54, 1.807) is 10.8 Å². The summed E-state index contributed by atoms with van der Waals surface area (Å²) in [6, 6.07) is 8.12. The molecule has 0 aliphatic carbocycles. The van der Waals surface area contributed by atoms with Gasteiger partial charge in [-0.3, -0.25) is 4.68 Å². The van der Waals surface area contributed by atoms with E-state index in [0.29, 0.717) is 0 Å². The lowest BCUT2D eigenvalue weighted by Crippen LogP contribution is -2.09. The van der Waals surface area contributed by atoms with Crippen LogP contribution in [-0.2, 0) is 0 Å². The molecule has 0 amide bonds. The average Bonchev–Trinajstić information content (AvgIpc) is 2.51. The molecule has 2 aromatic rings. The molecule has 2 rings (SSSR count). The van der Waals surface area contributed by atoms with Gasteiger partial charge in [-0.1, -0.05) is 36.9 Å². The van der Waals surface area contributed by atoms with Crippen LogP contribution in [0.3, 0.4) is 0 Å². The Morgan fingerprint density at radius 2 is 2.07 bits per heavy atom. The summed E-state index contributed by atoms with van der Waals surface area (Å²) >= 11 is 0. The number of allylic oxidation sites excluding steroid dienone is 2. The molecule has 2 nitrogen and oxygen atoms in total. The standard InChI is InChI=1S/C13H14N2/c1-3-4-8-12-10(2)11-7-5-6-9-13(11)15(12)14/h3-9H,1,14H2,2H3/b8-4-. The molecular weight excluding hydrogens is 184 g/mol. The third-order valence-electron chi connectivity index (χ3n) is 2.60. The summed E-state index contributed by atoms with van der Waals surface area (Å²) in [5, 5.41) is 1.20. The number of benzene rings is 1. The molecular formula is C13H14N2. The van der Waals surface area contributed by atoms with E-state index < -0.39 is 0 Å². The Labute approximate surface area is 89.3 Å². The van der Waals surface area contributed by atoms with Crippen molar-refractivity contribution in [3.8, 4) is 0 Å². The number of rotatable bonds is 2. The number of nitrogens with two attached hydrogens (primary N) is 1. The van der Waals surface area contributed by atoms with Gasteiger partial charge in [0.15, 0.2) is 0 Å². The van der Waals surface area contributed by atoms with Crippen LogP contribution in [0.2, 0.25) is 0 Å². The lowest BCUT2D eigenvalue weighted by Gasteiger charge is -1.98. The van der Waals surface area contributed by atoms with Crippen LogP contribution < -0.4 is 5.84 Å². The minimum Gasteiger partial charge on any atom is -0.339 e. The second kappa shape index (κ2) is 3.65. The van der Waals surface area contributed by atoms with Gasteiger partial charge in [0.05, 0.1) is 11.2 Å². The van der Waals surface area contributed by atoms with Gasteiger partial charge in [-0.2, -0.15) is 0 Å². The molecule has 0 unspecified atom stereocenters. The number of para-hydroxylation sites is 1. The van der Waals surface area contributed by atoms with Gasteiger partial charge in [0.1, 0.15) is 0 Å². The number of nitrogens with zero attached hydrogens (tertiary/aromatic N) is 1. The summed E-state index contributed by atoms with van der Waals surface area (Å²) in [6.45, 7) is 5.73. The maximum absolute atomic E-state index is 6.01. The minimum atomic E-state index is 1.02. The Morgan fingerprint density at radius 3 is 2.73 bits per heavy atom. The van der Waals surface area contributed by atoms with Gasteiger partial charge in [0.2, 0.25) is 0 Å². The van der Waals surface area contributed by atoms with E-state index in [1.165, 1.54) is 10.9 Å². The number of nitrogen functional groups attached to an aromatic ring is 1. The number of hydrogen-bond donors (Lipinski definition) is 1.